The normalized spacial score (nSPS) is 15.7. The number of hydrogen-bond acceptors (Lipinski definition) is 5. The number of benzene rings is 1. The Hall–Kier alpha value is -1.79. The second kappa shape index (κ2) is 5.90. The Labute approximate surface area is 111 Å². The molecule has 1 aromatic rings. The summed E-state index contributed by atoms with van der Waals surface area (Å²) < 4.78 is 5.38. The zero-order chi connectivity index (χ0) is 13.8. The summed E-state index contributed by atoms with van der Waals surface area (Å²) in [6, 6.07) is 5.00. The lowest BCUT2D eigenvalue weighted by molar-refractivity contribution is -0.122. The van der Waals surface area contributed by atoms with Crippen LogP contribution < -0.4 is 15.0 Å². The van der Waals surface area contributed by atoms with Gasteiger partial charge in [-0.3, -0.25) is 4.79 Å². The number of ether oxygens (including phenoxy) is 1. The van der Waals surface area contributed by atoms with Crippen LogP contribution >= 0.6 is 0 Å². The highest BCUT2D eigenvalue weighted by molar-refractivity contribution is 5.99. The van der Waals surface area contributed by atoms with E-state index >= 15 is 0 Å². The summed E-state index contributed by atoms with van der Waals surface area (Å²) in [6.45, 7) is -0.333. The summed E-state index contributed by atoms with van der Waals surface area (Å²) in [5.41, 5.74) is 1.47. The molecule has 1 unspecified atom stereocenters. The highest BCUT2D eigenvalue weighted by atomic mass is 16.5. The predicted molar refractivity (Wildman–Crippen MR) is 71.5 cm³/mol. The van der Waals surface area contributed by atoms with E-state index in [0.29, 0.717) is 17.9 Å². The van der Waals surface area contributed by atoms with Crippen molar-refractivity contribution in [2.24, 2.45) is 0 Å². The molecule has 6 heteroatoms. The predicted octanol–water partition coefficient (Wildman–Crippen LogP) is 0.197. The fourth-order valence-corrected chi connectivity index (χ4v) is 2.18. The van der Waals surface area contributed by atoms with E-state index in [1.165, 1.54) is 4.90 Å². The molecule has 0 aliphatic carbocycles. The number of hydrogen-bond donors (Lipinski definition) is 3. The average Bonchev–Trinajstić information content (AvgIpc) is 2.44. The van der Waals surface area contributed by atoms with Gasteiger partial charge in [0.25, 0.3) is 5.91 Å². The monoisotopic (exact) mass is 266 g/mol. The molecule has 0 bridgehead atoms. The van der Waals surface area contributed by atoms with Crippen molar-refractivity contribution in [1.29, 1.82) is 0 Å². The summed E-state index contributed by atoms with van der Waals surface area (Å²) in [5, 5.41) is 21.5. The third-order valence-electron chi connectivity index (χ3n) is 3.17. The SMILES string of the molecule is CNc1ccc2c(c1)N(C(CO)CCO)C(=O)CO2. The molecule has 1 atom stereocenters. The fraction of sp³-hybridized carbons (Fsp3) is 0.462. The van der Waals surface area contributed by atoms with Gasteiger partial charge in [0, 0.05) is 19.3 Å². The molecule has 0 fully saturated rings. The Morgan fingerprint density at radius 3 is 2.89 bits per heavy atom. The maximum atomic E-state index is 12.0. The fourth-order valence-electron chi connectivity index (χ4n) is 2.18. The van der Waals surface area contributed by atoms with Crippen molar-refractivity contribution in [3.63, 3.8) is 0 Å². The zero-order valence-electron chi connectivity index (χ0n) is 10.8. The summed E-state index contributed by atoms with van der Waals surface area (Å²) in [5.74, 6) is 0.392. The number of aliphatic hydroxyl groups is 2. The van der Waals surface area contributed by atoms with Gasteiger partial charge in [0.15, 0.2) is 6.61 Å². The molecule has 0 radical (unpaired) electrons. The first-order chi connectivity index (χ1) is 9.21. The molecule has 0 aromatic heterocycles. The van der Waals surface area contributed by atoms with Gasteiger partial charge in [-0.05, 0) is 24.6 Å². The Kier molecular flexibility index (Phi) is 4.24. The van der Waals surface area contributed by atoms with Crippen molar-refractivity contribution in [3.8, 4) is 5.75 Å². The third kappa shape index (κ3) is 2.64. The van der Waals surface area contributed by atoms with Gasteiger partial charge >= 0.3 is 0 Å². The van der Waals surface area contributed by atoms with E-state index in [0.717, 1.165) is 5.69 Å². The first-order valence-electron chi connectivity index (χ1n) is 6.19. The lowest BCUT2D eigenvalue weighted by Gasteiger charge is -2.35. The van der Waals surface area contributed by atoms with Crippen LogP contribution in [-0.4, -0.2) is 49.0 Å². The van der Waals surface area contributed by atoms with Crippen LogP contribution in [0.1, 0.15) is 6.42 Å². The Morgan fingerprint density at radius 2 is 2.26 bits per heavy atom. The van der Waals surface area contributed by atoms with E-state index in [2.05, 4.69) is 5.32 Å². The lowest BCUT2D eigenvalue weighted by atomic mass is 10.1. The number of nitrogens with zero attached hydrogens (tertiary/aromatic N) is 1. The quantitative estimate of drug-likeness (QED) is 0.709. The molecule has 0 spiro atoms. The molecule has 1 aromatic carbocycles. The largest absolute Gasteiger partial charge is 0.482 e. The minimum absolute atomic E-state index is 0.0478. The average molecular weight is 266 g/mol. The molecular formula is C13H18N2O4. The van der Waals surface area contributed by atoms with E-state index in [4.69, 9.17) is 9.84 Å². The first-order valence-corrected chi connectivity index (χ1v) is 6.19. The van der Waals surface area contributed by atoms with E-state index in [-0.39, 0.29) is 25.7 Å². The Morgan fingerprint density at radius 1 is 1.47 bits per heavy atom. The summed E-state index contributed by atoms with van der Waals surface area (Å²) >= 11 is 0. The van der Waals surface area contributed by atoms with Crippen molar-refractivity contribution in [3.05, 3.63) is 18.2 Å². The Bertz CT molecular complexity index is 464. The van der Waals surface area contributed by atoms with Crippen LogP contribution in [0.2, 0.25) is 0 Å². The van der Waals surface area contributed by atoms with Crippen molar-refractivity contribution in [2.75, 3.05) is 37.1 Å². The third-order valence-corrected chi connectivity index (χ3v) is 3.17. The summed E-state index contributed by atoms with van der Waals surface area (Å²) in [4.78, 5) is 13.5. The minimum Gasteiger partial charge on any atom is -0.482 e. The van der Waals surface area contributed by atoms with Crippen LogP contribution in [0.5, 0.6) is 5.75 Å². The molecule has 1 aliphatic heterocycles. The molecule has 104 valence electrons. The second-order valence-corrected chi connectivity index (χ2v) is 4.33. The van der Waals surface area contributed by atoms with E-state index < -0.39 is 6.04 Å². The lowest BCUT2D eigenvalue weighted by Crippen LogP contribution is -2.47. The highest BCUT2D eigenvalue weighted by Crippen LogP contribution is 2.36. The van der Waals surface area contributed by atoms with Crippen molar-refractivity contribution in [2.45, 2.75) is 12.5 Å². The molecule has 19 heavy (non-hydrogen) atoms. The second-order valence-electron chi connectivity index (χ2n) is 4.33. The zero-order valence-corrected chi connectivity index (χ0v) is 10.8. The van der Waals surface area contributed by atoms with Gasteiger partial charge in [-0.1, -0.05) is 0 Å². The highest BCUT2D eigenvalue weighted by Gasteiger charge is 2.31. The van der Waals surface area contributed by atoms with Crippen LogP contribution in [0.25, 0.3) is 0 Å². The smallest absolute Gasteiger partial charge is 0.265 e. The molecule has 6 nitrogen and oxygen atoms in total. The standard InChI is InChI=1S/C13H18N2O4/c1-14-9-2-3-12-11(6-9)15(13(18)8-19-12)10(7-17)4-5-16/h2-3,6,10,14,16-17H,4-5,7-8H2,1H3. The van der Waals surface area contributed by atoms with Gasteiger partial charge in [-0.2, -0.15) is 0 Å². The van der Waals surface area contributed by atoms with E-state index in [1.807, 2.05) is 6.07 Å². The molecule has 1 aliphatic rings. The molecule has 3 N–H and O–H groups in total. The number of aliphatic hydroxyl groups excluding tert-OH is 2. The molecular weight excluding hydrogens is 248 g/mol. The van der Waals surface area contributed by atoms with Crippen LogP contribution in [0, 0.1) is 0 Å². The molecule has 0 saturated carbocycles. The van der Waals surface area contributed by atoms with Crippen LogP contribution in [0.15, 0.2) is 18.2 Å². The van der Waals surface area contributed by atoms with E-state index in [9.17, 15) is 9.90 Å². The van der Waals surface area contributed by atoms with Crippen LogP contribution in [-0.2, 0) is 4.79 Å². The summed E-state index contributed by atoms with van der Waals surface area (Å²) in [6.07, 6.45) is 0.325. The van der Waals surface area contributed by atoms with Gasteiger partial charge in [0.05, 0.1) is 18.3 Å². The number of rotatable bonds is 5. The number of amides is 1. The van der Waals surface area contributed by atoms with Gasteiger partial charge in [-0.25, -0.2) is 0 Å². The van der Waals surface area contributed by atoms with E-state index in [1.54, 1.807) is 19.2 Å². The molecule has 1 heterocycles. The van der Waals surface area contributed by atoms with Gasteiger partial charge in [0.2, 0.25) is 0 Å². The minimum atomic E-state index is -0.438. The maximum absolute atomic E-state index is 12.0. The van der Waals surface area contributed by atoms with Gasteiger partial charge < -0.3 is 25.2 Å². The van der Waals surface area contributed by atoms with Crippen molar-refractivity contribution in [1.82, 2.24) is 0 Å². The molecule has 2 rings (SSSR count). The van der Waals surface area contributed by atoms with Crippen molar-refractivity contribution < 1.29 is 19.7 Å². The molecule has 0 saturated heterocycles. The topological polar surface area (TPSA) is 82.0 Å². The molecule has 1 amide bonds. The maximum Gasteiger partial charge on any atom is 0.265 e. The first kappa shape index (κ1) is 13.6. The number of fused-ring (bicyclic) bond motifs is 1. The van der Waals surface area contributed by atoms with Crippen molar-refractivity contribution >= 4 is 17.3 Å². The Balaban J connectivity index is 2.40. The van der Waals surface area contributed by atoms with Gasteiger partial charge in [0.1, 0.15) is 5.75 Å². The van der Waals surface area contributed by atoms with Crippen LogP contribution in [0.4, 0.5) is 11.4 Å². The van der Waals surface area contributed by atoms with Crippen LogP contribution in [0.3, 0.4) is 0 Å². The number of anilines is 2. The number of nitrogens with one attached hydrogen (secondary N) is 1. The van der Waals surface area contributed by atoms with Gasteiger partial charge in [-0.15, -0.1) is 0 Å². The number of carbonyl (C=O) groups is 1. The number of carbonyl (C=O) groups excluding carboxylic acids is 1. The summed E-state index contributed by atoms with van der Waals surface area (Å²) in [7, 11) is 1.79.